The Morgan fingerprint density at radius 1 is 0.315 bits per heavy atom. The number of aliphatic hydroxyl groups is 18. The molecule has 0 aliphatic carbocycles. The highest BCUT2D eigenvalue weighted by atomic mass is 16.4. The number of hydrogen-bond acceptors (Lipinski definition) is 19. The molecule has 0 atom stereocenters. The summed E-state index contributed by atoms with van der Waals surface area (Å²) in [5, 5.41) is 153. The van der Waals surface area contributed by atoms with Gasteiger partial charge in [0.1, 0.15) is 36.6 Å². The van der Waals surface area contributed by atoms with Crippen LogP contribution in [0.5, 0.6) is 0 Å². The van der Waals surface area contributed by atoms with E-state index in [4.69, 9.17) is 97.0 Å². The Morgan fingerprint density at radius 3 is 0.574 bits per heavy atom. The van der Waals surface area contributed by atoms with Gasteiger partial charge in [-0.25, -0.2) is 0 Å². The molecule has 0 aliphatic heterocycles. The quantitative estimate of drug-likeness (QED) is 0.0366. The second-order valence-electron chi connectivity index (χ2n) is 11.5. The third kappa shape index (κ3) is 88.1. The van der Waals surface area contributed by atoms with Crippen molar-refractivity contribution in [3.63, 3.8) is 0 Å². The summed E-state index contributed by atoms with van der Waals surface area (Å²) in [6.45, 7) is -2.11. The van der Waals surface area contributed by atoms with Crippen molar-refractivity contribution in [2.24, 2.45) is 0 Å². The standard InChI is InChI=1S/C16H32O2.6C3H8O3/c1-2-3-4-5-6-7-8-9-10-11-12-13-14-15-16(17)18;6*4-1-3(6)2-5/h2-15H2,1H3,(H,17,18);6*3-6H,1-2H2. The molecule has 0 saturated carbocycles. The SMILES string of the molecule is CCCCCCCCCCCCCCCC(=O)O.OCC(O)CO.OCC(O)CO.OCC(O)CO.OCC(O)CO.OCC(O)CO.OCC(O)CO. The van der Waals surface area contributed by atoms with Gasteiger partial charge in [-0.1, -0.05) is 84.0 Å². The largest absolute Gasteiger partial charge is 0.481 e. The third-order valence-corrected chi connectivity index (χ3v) is 6.02. The summed E-state index contributed by atoms with van der Waals surface area (Å²) in [7, 11) is 0. The van der Waals surface area contributed by atoms with Crippen molar-refractivity contribution < 1.29 is 102 Å². The number of carboxylic acids is 1. The van der Waals surface area contributed by atoms with E-state index in [1.165, 1.54) is 70.6 Å². The molecule has 0 saturated heterocycles. The lowest BCUT2D eigenvalue weighted by Crippen LogP contribution is -2.15. The predicted octanol–water partition coefficient (Wildman–Crippen LogP) is -4.46. The van der Waals surface area contributed by atoms with Gasteiger partial charge in [0.2, 0.25) is 0 Å². The molecular formula is C34H80O20. The van der Waals surface area contributed by atoms with Crippen LogP contribution < -0.4 is 0 Å². The van der Waals surface area contributed by atoms with E-state index >= 15 is 0 Å². The van der Waals surface area contributed by atoms with Crippen molar-refractivity contribution >= 4 is 5.97 Å². The lowest BCUT2D eigenvalue weighted by atomic mass is 10.0. The first-order valence-corrected chi connectivity index (χ1v) is 18.2. The number of unbranched alkanes of at least 4 members (excludes halogenated alkanes) is 12. The Balaban J connectivity index is -0.000000103. The van der Waals surface area contributed by atoms with Gasteiger partial charge in [0.25, 0.3) is 0 Å². The van der Waals surface area contributed by atoms with Crippen LogP contribution in [0.1, 0.15) is 96.8 Å². The van der Waals surface area contributed by atoms with Crippen LogP contribution in [0, 0.1) is 0 Å². The van der Waals surface area contributed by atoms with E-state index in [9.17, 15) is 4.79 Å². The highest BCUT2D eigenvalue weighted by Crippen LogP contribution is 2.12. The van der Waals surface area contributed by atoms with E-state index in [-0.39, 0.29) is 79.3 Å². The Kier molecular flexibility index (Phi) is 79.6. The van der Waals surface area contributed by atoms with Crippen molar-refractivity contribution in [2.45, 2.75) is 133 Å². The topological polar surface area (TPSA) is 401 Å². The fourth-order valence-corrected chi connectivity index (χ4v) is 2.64. The maximum absolute atomic E-state index is 10.3. The van der Waals surface area contributed by atoms with Crippen molar-refractivity contribution in [3.05, 3.63) is 0 Å². The number of aliphatic hydroxyl groups excluding tert-OH is 18. The van der Waals surface area contributed by atoms with Crippen LogP contribution in [-0.2, 0) is 4.79 Å². The van der Waals surface area contributed by atoms with Crippen LogP contribution in [0.2, 0.25) is 0 Å². The van der Waals surface area contributed by atoms with Gasteiger partial charge in [0.15, 0.2) is 0 Å². The van der Waals surface area contributed by atoms with Gasteiger partial charge in [-0.3, -0.25) is 4.79 Å². The molecule has 0 fully saturated rings. The molecular weight excluding hydrogens is 728 g/mol. The Bertz CT molecular complexity index is 510. The zero-order valence-electron chi connectivity index (χ0n) is 32.3. The third-order valence-electron chi connectivity index (χ3n) is 6.02. The van der Waals surface area contributed by atoms with Crippen LogP contribution in [0.25, 0.3) is 0 Å². The van der Waals surface area contributed by atoms with Crippen molar-refractivity contribution in [1.82, 2.24) is 0 Å². The van der Waals surface area contributed by atoms with Crippen LogP contribution >= 0.6 is 0 Å². The van der Waals surface area contributed by atoms with Gasteiger partial charge in [-0.2, -0.15) is 0 Å². The predicted molar refractivity (Wildman–Crippen MR) is 199 cm³/mol. The molecule has 20 heteroatoms. The molecule has 336 valence electrons. The molecule has 0 spiro atoms. The summed E-state index contributed by atoms with van der Waals surface area (Å²) in [6, 6.07) is 0. The molecule has 54 heavy (non-hydrogen) atoms. The summed E-state index contributed by atoms with van der Waals surface area (Å²) < 4.78 is 0. The zero-order valence-corrected chi connectivity index (χ0v) is 32.3. The molecule has 19 N–H and O–H groups in total. The van der Waals surface area contributed by atoms with E-state index in [1.807, 2.05) is 0 Å². The summed E-state index contributed by atoms with van der Waals surface area (Å²) in [4.78, 5) is 10.3. The average molecular weight is 809 g/mol. The van der Waals surface area contributed by atoms with E-state index in [1.54, 1.807) is 0 Å². The number of aliphatic carboxylic acids is 1. The van der Waals surface area contributed by atoms with Crippen LogP contribution in [0.15, 0.2) is 0 Å². The minimum Gasteiger partial charge on any atom is -0.481 e. The van der Waals surface area contributed by atoms with Crippen LogP contribution in [0.4, 0.5) is 0 Å². The van der Waals surface area contributed by atoms with Crippen LogP contribution in [0.3, 0.4) is 0 Å². The molecule has 0 amide bonds. The summed E-state index contributed by atoms with van der Waals surface area (Å²) in [5.74, 6) is -0.655. The van der Waals surface area contributed by atoms with Gasteiger partial charge < -0.3 is 97.0 Å². The highest BCUT2D eigenvalue weighted by Gasteiger charge is 1.98. The summed E-state index contributed by atoms with van der Waals surface area (Å²) in [5.41, 5.74) is 0. The fourth-order valence-electron chi connectivity index (χ4n) is 2.64. The van der Waals surface area contributed by atoms with E-state index in [2.05, 4.69) is 6.92 Å². The molecule has 20 nitrogen and oxygen atoms in total. The molecule has 0 aromatic heterocycles. The molecule has 0 bridgehead atoms. The Morgan fingerprint density at radius 2 is 0.463 bits per heavy atom. The Labute approximate surface area is 320 Å². The number of carboxylic acid groups (broad SMARTS) is 1. The van der Waals surface area contributed by atoms with Gasteiger partial charge in [0, 0.05) is 6.42 Å². The monoisotopic (exact) mass is 809 g/mol. The first-order valence-electron chi connectivity index (χ1n) is 18.2. The maximum Gasteiger partial charge on any atom is 0.303 e. The van der Waals surface area contributed by atoms with E-state index in [0.29, 0.717) is 6.42 Å². The lowest BCUT2D eigenvalue weighted by Gasteiger charge is -2.02. The lowest BCUT2D eigenvalue weighted by molar-refractivity contribution is -0.137. The van der Waals surface area contributed by atoms with Crippen LogP contribution in [-0.4, -0.2) is 219 Å². The van der Waals surface area contributed by atoms with Gasteiger partial charge in [-0.05, 0) is 6.42 Å². The van der Waals surface area contributed by atoms with Gasteiger partial charge in [-0.15, -0.1) is 0 Å². The molecule has 0 aromatic carbocycles. The summed E-state index contributed by atoms with van der Waals surface area (Å²) >= 11 is 0. The minimum atomic E-state index is -0.954. The summed E-state index contributed by atoms with van der Waals surface area (Å²) in [6.07, 6.45) is 11.5. The molecule has 0 unspecified atom stereocenters. The Hall–Kier alpha value is -1.25. The average Bonchev–Trinajstić information content (AvgIpc) is 3.21. The second kappa shape index (κ2) is 63.7. The van der Waals surface area contributed by atoms with E-state index < -0.39 is 42.6 Å². The smallest absolute Gasteiger partial charge is 0.303 e. The first-order chi connectivity index (χ1) is 25.6. The molecule has 0 radical (unpaired) electrons. The number of hydrogen-bond donors (Lipinski definition) is 19. The number of rotatable bonds is 26. The highest BCUT2D eigenvalue weighted by molar-refractivity contribution is 5.66. The second-order valence-corrected chi connectivity index (χ2v) is 11.5. The normalized spacial score (nSPS) is 10.2. The van der Waals surface area contributed by atoms with Crippen molar-refractivity contribution in [3.8, 4) is 0 Å². The molecule has 0 aliphatic rings. The zero-order chi connectivity index (χ0) is 43.4. The van der Waals surface area contributed by atoms with Gasteiger partial charge >= 0.3 is 5.97 Å². The fraction of sp³-hybridized carbons (Fsp3) is 0.971. The van der Waals surface area contributed by atoms with Crippen molar-refractivity contribution in [1.29, 1.82) is 0 Å². The van der Waals surface area contributed by atoms with E-state index in [0.717, 1.165) is 12.8 Å². The first kappa shape index (κ1) is 67.5. The minimum absolute atomic E-state index is 0.345. The molecule has 0 rings (SSSR count). The van der Waals surface area contributed by atoms with Crippen molar-refractivity contribution in [2.75, 3.05) is 79.3 Å². The molecule has 0 heterocycles. The maximum atomic E-state index is 10.3. The number of carbonyl (C=O) groups is 1. The van der Waals surface area contributed by atoms with Gasteiger partial charge in [0.05, 0.1) is 79.3 Å². The molecule has 0 aromatic rings.